The van der Waals surface area contributed by atoms with E-state index >= 15 is 4.39 Å². The number of anilines is 2. The standard InChI is InChI=1S/C53H67FN10O9S2/c1-53(2,32-46(65)59-58-44-8-5-20-60(3)45-30-39(12-13-40(44)45)72-27-6-9-50(69)73-64-48(67)14-15-49(64)68)75-74-28-18-47(66)62-25-23-61(24-26-62)38-16-21-63(22-17-38)52(71)56-34-36-10-11-37(29-43(36)54)57-51(70)42-31-41(42)35-7-4-19-55-33-35/h4,7,10-13,19,29-30,33,38,41-42H,5-6,8-9,14-18,20-28,31-32,34H2,1-3H3,(H,56,71)(H,57,70)(H,59,65)/b58-44+/t41-,42+/m1/s1. The fourth-order valence-corrected chi connectivity index (χ4v) is 12.3. The number of halogens is 1. The van der Waals surface area contributed by atoms with Gasteiger partial charge < -0.3 is 34.9 Å². The van der Waals surface area contributed by atoms with Gasteiger partial charge in [0.05, 0.1) is 18.7 Å². The van der Waals surface area contributed by atoms with Crippen LogP contribution in [0.1, 0.15) is 107 Å². The zero-order chi connectivity index (χ0) is 53.1. The number of likely N-dealkylation sites (tertiary alicyclic amines) is 1. The van der Waals surface area contributed by atoms with Gasteiger partial charge in [-0.25, -0.2) is 19.4 Å². The third-order valence-electron chi connectivity index (χ3n) is 14.1. The van der Waals surface area contributed by atoms with E-state index in [-0.39, 0.29) is 74.4 Å². The summed E-state index contributed by atoms with van der Waals surface area (Å²) in [5.74, 6) is -1.26. The zero-order valence-electron chi connectivity index (χ0n) is 42.9. The molecule has 5 aliphatic rings. The van der Waals surface area contributed by atoms with Gasteiger partial charge in [-0.2, -0.15) is 5.10 Å². The lowest BCUT2D eigenvalue weighted by Gasteiger charge is -2.42. The first kappa shape index (κ1) is 55.0. The number of benzene rings is 2. The predicted octanol–water partition coefficient (Wildman–Crippen LogP) is 6.24. The van der Waals surface area contributed by atoms with Crippen LogP contribution < -0.4 is 25.7 Å². The highest BCUT2D eigenvalue weighted by Gasteiger charge is 2.44. The van der Waals surface area contributed by atoms with E-state index in [4.69, 9.17) is 9.57 Å². The molecule has 0 unspecified atom stereocenters. The molecule has 5 heterocycles. The number of ether oxygens (including phenoxy) is 1. The lowest BCUT2D eigenvalue weighted by Crippen LogP contribution is -2.55. The number of piperazine rings is 1. The number of rotatable bonds is 20. The van der Waals surface area contributed by atoms with Gasteiger partial charge in [-0.05, 0) is 94.2 Å². The van der Waals surface area contributed by atoms with Crippen molar-refractivity contribution >= 4 is 80.2 Å². The Morgan fingerprint density at radius 3 is 2.41 bits per heavy atom. The maximum atomic E-state index is 15.0. The molecule has 19 nitrogen and oxygen atoms in total. The van der Waals surface area contributed by atoms with Crippen LogP contribution >= 0.6 is 21.6 Å². The lowest BCUT2D eigenvalue weighted by molar-refractivity contribution is -0.197. The number of hydrogen-bond acceptors (Lipinski definition) is 15. The van der Waals surface area contributed by atoms with Crippen molar-refractivity contribution in [2.75, 3.05) is 75.4 Å². The highest BCUT2D eigenvalue weighted by atomic mass is 33.1. The molecule has 0 radical (unpaired) electrons. The van der Waals surface area contributed by atoms with Crippen molar-refractivity contribution in [3.8, 4) is 5.75 Å². The van der Waals surface area contributed by atoms with Gasteiger partial charge in [-0.15, -0.1) is 5.06 Å². The molecule has 3 saturated heterocycles. The number of carbonyl (C=O) groups is 7. The molecule has 1 aromatic heterocycles. The van der Waals surface area contributed by atoms with E-state index in [1.54, 1.807) is 51.0 Å². The SMILES string of the molecule is CN1CCC/C(=N\NC(=O)CC(C)(C)SSCCC(=O)N2CCN(C3CCN(C(=O)NCc4ccc(NC(=O)[C@H]5C[C@@H]5c5cccnc5)cc4F)CC3)CC2)c2ccc(OCCCC(=O)ON3C(=O)CCC3=O)cc21. The van der Waals surface area contributed by atoms with E-state index in [0.29, 0.717) is 79.3 Å². The van der Waals surface area contributed by atoms with Crippen LogP contribution in [0.3, 0.4) is 0 Å². The molecule has 0 bridgehead atoms. The van der Waals surface area contributed by atoms with Crippen molar-refractivity contribution in [2.24, 2.45) is 11.0 Å². The average Bonchev–Trinajstić information content (AvgIpc) is 4.18. The smallest absolute Gasteiger partial charge is 0.333 e. The number of hydroxylamine groups is 2. The summed E-state index contributed by atoms with van der Waals surface area (Å²) in [6.07, 6.45) is 8.35. The van der Waals surface area contributed by atoms with Gasteiger partial charge in [0.25, 0.3) is 11.8 Å². The number of hydrazone groups is 1. The Labute approximate surface area is 444 Å². The van der Waals surface area contributed by atoms with Crippen molar-refractivity contribution in [2.45, 2.75) is 108 Å². The number of pyridine rings is 1. The number of nitrogens with one attached hydrogen (secondary N) is 3. The predicted molar refractivity (Wildman–Crippen MR) is 284 cm³/mol. The monoisotopic (exact) mass is 1070 g/mol. The minimum Gasteiger partial charge on any atom is -0.494 e. The number of fused-ring (bicyclic) bond motifs is 1. The van der Waals surface area contributed by atoms with Crippen LogP contribution in [0.15, 0.2) is 66.0 Å². The van der Waals surface area contributed by atoms with Crippen LogP contribution in [0.2, 0.25) is 0 Å². The van der Waals surface area contributed by atoms with Gasteiger partial charge in [0.1, 0.15) is 11.6 Å². The largest absolute Gasteiger partial charge is 0.494 e. The average molecular weight is 1070 g/mol. The van der Waals surface area contributed by atoms with Gasteiger partial charge in [0, 0.05) is 149 Å². The Kier molecular flexibility index (Phi) is 18.7. The minimum absolute atomic E-state index is 0.0193. The van der Waals surface area contributed by atoms with E-state index in [0.717, 1.165) is 67.8 Å². The number of piperidine rings is 1. The van der Waals surface area contributed by atoms with Gasteiger partial charge in [-0.3, -0.25) is 33.9 Å². The van der Waals surface area contributed by atoms with E-state index in [1.165, 1.54) is 6.07 Å². The fraction of sp³-hybridized carbons (Fsp3) is 0.528. The fourth-order valence-electron chi connectivity index (χ4n) is 9.81. The van der Waals surface area contributed by atoms with Crippen molar-refractivity contribution < 1.29 is 47.5 Å². The first-order valence-electron chi connectivity index (χ1n) is 25.9. The number of hydrogen-bond donors (Lipinski definition) is 3. The summed E-state index contributed by atoms with van der Waals surface area (Å²) in [5.41, 5.74) is 7.07. The highest BCUT2D eigenvalue weighted by molar-refractivity contribution is 8.77. The van der Waals surface area contributed by atoms with Crippen LogP contribution in [0.5, 0.6) is 5.75 Å². The molecule has 2 aromatic carbocycles. The molecular formula is C53H67FN10O9S2. The number of amides is 7. The zero-order valence-corrected chi connectivity index (χ0v) is 44.5. The summed E-state index contributed by atoms with van der Waals surface area (Å²) in [7, 11) is 5.16. The second kappa shape index (κ2) is 25.5. The van der Waals surface area contributed by atoms with Crippen molar-refractivity contribution in [3.05, 3.63) is 83.4 Å². The Bertz CT molecular complexity index is 2600. The molecule has 1 saturated carbocycles. The Hall–Kier alpha value is -6.26. The van der Waals surface area contributed by atoms with E-state index in [9.17, 15) is 33.6 Å². The Balaban J connectivity index is 0.680. The molecule has 1 aliphatic carbocycles. The molecule has 75 heavy (non-hydrogen) atoms. The molecule has 7 amide bonds. The summed E-state index contributed by atoms with van der Waals surface area (Å²) < 4.78 is 20.5. The molecule has 402 valence electrons. The lowest BCUT2D eigenvalue weighted by atomic mass is 10.0. The van der Waals surface area contributed by atoms with Gasteiger partial charge in [0.15, 0.2) is 0 Å². The van der Waals surface area contributed by atoms with Crippen molar-refractivity contribution in [1.29, 1.82) is 0 Å². The van der Waals surface area contributed by atoms with E-state index in [2.05, 4.69) is 35.9 Å². The molecular weight excluding hydrogens is 1000 g/mol. The maximum Gasteiger partial charge on any atom is 0.333 e. The minimum atomic E-state index is -0.674. The van der Waals surface area contributed by atoms with Crippen LogP contribution in [0.4, 0.5) is 20.6 Å². The number of urea groups is 1. The van der Waals surface area contributed by atoms with Crippen LogP contribution in [-0.2, 0) is 40.1 Å². The second-order valence-corrected chi connectivity index (χ2v) is 23.3. The summed E-state index contributed by atoms with van der Waals surface area (Å²) in [6.45, 7) is 9.05. The topological polar surface area (TPSA) is 215 Å². The van der Waals surface area contributed by atoms with Gasteiger partial charge in [-0.1, -0.05) is 33.7 Å². The Morgan fingerprint density at radius 2 is 1.68 bits per heavy atom. The summed E-state index contributed by atoms with van der Waals surface area (Å²) in [5, 5.41) is 10.8. The van der Waals surface area contributed by atoms with Crippen LogP contribution in [-0.4, -0.2) is 148 Å². The molecule has 3 aromatic rings. The summed E-state index contributed by atoms with van der Waals surface area (Å²) >= 11 is 0. The molecule has 3 N–H and O–H groups in total. The number of carbonyl (C=O) groups excluding carboxylic acids is 7. The molecule has 8 rings (SSSR count). The summed E-state index contributed by atoms with van der Waals surface area (Å²) in [6, 6.07) is 14.1. The van der Waals surface area contributed by atoms with Crippen LogP contribution in [0, 0.1) is 11.7 Å². The van der Waals surface area contributed by atoms with E-state index < -0.39 is 28.3 Å². The van der Waals surface area contributed by atoms with Crippen molar-refractivity contribution in [1.82, 2.24) is 35.5 Å². The molecule has 2 atom stereocenters. The van der Waals surface area contributed by atoms with E-state index in [1.807, 2.05) is 56.1 Å². The quantitative estimate of drug-likeness (QED) is 0.0495. The van der Waals surface area contributed by atoms with Gasteiger partial charge in [0.2, 0.25) is 17.7 Å². The van der Waals surface area contributed by atoms with Crippen molar-refractivity contribution in [3.63, 3.8) is 0 Å². The molecule has 4 fully saturated rings. The number of imide groups is 1. The first-order valence-corrected chi connectivity index (χ1v) is 28.2. The third-order valence-corrected chi connectivity index (χ3v) is 17.4. The number of aromatic nitrogens is 1. The molecule has 4 aliphatic heterocycles. The maximum absolute atomic E-state index is 15.0. The summed E-state index contributed by atoms with van der Waals surface area (Å²) in [4.78, 5) is 105. The highest BCUT2D eigenvalue weighted by Crippen LogP contribution is 2.48. The molecule has 0 spiro atoms. The third kappa shape index (κ3) is 15.2. The van der Waals surface area contributed by atoms with Crippen LogP contribution in [0.25, 0.3) is 0 Å². The first-order chi connectivity index (χ1) is 36.1. The second-order valence-electron chi connectivity index (χ2n) is 20.2. The Morgan fingerprint density at radius 1 is 0.907 bits per heavy atom. The normalized spacial score (nSPS) is 19.9. The molecule has 22 heteroatoms. The van der Waals surface area contributed by atoms with Gasteiger partial charge >= 0.3 is 12.0 Å². The number of nitrogens with zero attached hydrogens (tertiary/aromatic N) is 7.